The number of hydrogen-bond acceptors (Lipinski definition) is 2. The molecular formula is C9H8F3NO2. The van der Waals surface area contributed by atoms with Gasteiger partial charge in [-0.2, -0.15) is 0 Å². The number of nitro groups is 1. The van der Waals surface area contributed by atoms with Gasteiger partial charge in [0.2, 0.25) is 6.43 Å². The van der Waals surface area contributed by atoms with E-state index in [4.69, 9.17) is 0 Å². The van der Waals surface area contributed by atoms with Crippen molar-refractivity contribution in [3.8, 4) is 0 Å². The number of nitrogens with zero attached hydrogens (tertiary/aromatic N) is 1. The summed E-state index contributed by atoms with van der Waals surface area (Å²) in [6.07, 6.45) is -3.51. The Morgan fingerprint density at radius 3 is 2.60 bits per heavy atom. The molecule has 0 bridgehead atoms. The Morgan fingerprint density at radius 2 is 2.07 bits per heavy atom. The minimum atomic E-state index is -2.59. The molecule has 0 aliphatic heterocycles. The SMILES string of the molecule is O=[N+]([O-])c1cccc(F)c1CCC(F)F. The van der Waals surface area contributed by atoms with E-state index in [0.29, 0.717) is 0 Å². The Bertz CT molecular complexity index is 368. The van der Waals surface area contributed by atoms with E-state index >= 15 is 0 Å². The van der Waals surface area contributed by atoms with Gasteiger partial charge in [-0.15, -0.1) is 0 Å². The van der Waals surface area contributed by atoms with Crippen molar-refractivity contribution in [2.75, 3.05) is 0 Å². The normalized spacial score (nSPS) is 10.7. The van der Waals surface area contributed by atoms with Gasteiger partial charge in [0.15, 0.2) is 0 Å². The number of benzene rings is 1. The molecule has 0 fully saturated rings. The highest BCUT2D eigenvalue weighted by atomic mass is 19.3. The van der Waals surface area contributed by atoms with Crippen molar-refractivity contribution in [3.63, 3.8) is 0 Å². The Kier molecular flexibility index (Phi) is 3.65. The average molecular weight is 219 g/mol. The zero-order chi connectivity index (χ0) is 11.4. The second-order valence-electron chi connectivity index (χ2n) is 2.92. The lowest BCUT2D eigenvalue weighted by Crippen LogP contribution is -2.01. The predicted molar refractivity (Wildman–Crippen MR) is 47.4 cm³/mol. The van der Waals surface area contributed by atoms with E-state index in [1.807, 2.05) is 0 Å². The third-order valence-electron chi connectivity index (χ3n) is 1.90. The van der Waals surface area contributed by atoms with Crippen LogP contribution < -0.4 is 0 Å². The summed E-state index contributed by atoms with van der Waals surface area (Å²) in [5, 5.41) is 10.5. The summed E-state index contributed by atoms with van der Waals surface area (Å²) in [7, 11) is 0. The highest BCUT2D eigenvalue weighted by Crippen LogP contribution is 2.23. The van der Waals surface area contributed by atoms with Gasteiger partial charge in [-0.05, 0) is 12.5 Å². The van der Waals surface area contributed by atoms with Crippen LogP contribution in [0.4, 0.5) is 18.9 Å². The van der Waals surface area contributed by atoms with E-state index in [9.17, 15) is 23.3 Å². The van der Waals surface area contributed by atoms with Crippen LogP contribution in [0.2, 0.25) is 0 Å². The Hall–Kier alpha value is -1.59. The van der Waals surface area contributed by atoms with E-state index in [1.165, 1.54) is 6.07 Å². The van der Waals surface area contributed by atoms with Gasteiger partial charge in [-0.1, -0.05) is 6.07 Å². The van der Waals surface area contributed by atoms with Crippen LogP contribution in [0.25, 0.3) is 0 Å². The monoisotopic (exact) mass is 219 g/mol. The number of hydrogen-bond donors (Lipinski definition) is 0. The van der Waals surface area contributed by atoms with Crippen LogP contribution in [0.5, 0.6) is 0 Å². The summed E-state index contributed by atoms with van der Waals surface area (Å²) < 4.78 is 36.9. The van der Waals surface area contributed by atoms with Crippen LogP contribution in [0.15, 0.2) is 18.2 Å². The van der Waals surface area contributed by atoms with Crippen molar-refractivity contribution >= 4 is 5.69 Å². The third-order valence-corrected chi connectivity index (χ3v) is 1.90. The Labute approximate surface area is 83.7 Å². The van der Waals surface area contributed by atoms with Gasteiger partial charge in [0.05, 0.1) is 10.5 Å². The summed E-state index contributed by atoms with van der Waals surface area (Å²) >= 11 is 0. The van der Waals surface area contributed by atoms with Crippen LogP contribution in [-0.4, -0.2) is 11.3 Å². The topological polar surface area (TPSA) is 43.1 Å². The quantitative estimate of drug-likeness (QED) is 0.577. The van der Waals surface area contributed by atoms with Crippen LogP contribution in [0.1, 0.15) is 12.0 Å². The minimum absolute atomic E-state index is 0.261. The van der Waals surface area contributed by atoms with Crippen molar-refractivity contribution in [2.45, 2.75) is 19.3 Å². The van der Waals surface area contributed by atoms with Gasteiger partial charge in [0, 0.05) is 12.5 Å². The van der Waals surface area contributed by atoms with Gasteiger partial charge in [-0.3, -0.25) is 10.1 Å². The van der Waals surface area contributed by atoms with Gasteiger partial charge < -0.3 is 0 Å². The predicted octanol–water partition coefficient (Wildman–Crippen LogP) is 2.93. The first-order chi connectivity index (χ1) is 7.02. The smallest absolute Gasteiger partial charge is 0.258 e. The molecule has 0 heterocycles. The van der Waals surface area contributed by atoms with Crippen LogP contribution in [0, 0.1) is 15.9 Å². The second kappa shape index (κ2) is 4.77. The fourth-order valence-electron chi connectivity index (χ4n) is 1.22. The van der Waals surface area contributed by atoms with Crippen LogP contribution in [-0.2, 0) is 6.42 Å². The lowest BCUT2D eigenvalue weighted by molar-refractivity contribution is -0.385. The molecule has 0 radical (unpaired) electrons. The molecule has 0 spiro atoms. The molecule has 0 saturated carbocycles. The minimum Gasteiger partial charge on any atom is -0.258 e. The highest BCUT2D eigenvalue weighted by molar-refractivity contribution is 5.40. The van der Waals surface area contributed by atoms with E-state index < -0.39 is 29.3 Å². The van der Waals surface area contributed by atoms with Crippen molar-refractivity contribution < 1.29 is 18.1 Å². The third kappa shape index (κ3) is 2.93. The molecule has 1 aromatic carbocycles. The largest absolute Gasteiger partial charge is 0.275 e. The molecule has 0 amide bonds. The molecule has 15 heavy (non-hydrogen) atoms. The van der Waals surface area contributed by atoms with E-state index in [-0.39, 0.29) is 12.0 Å². The molecule has 0 aliphatic carbocycles. The first-order valence-corrected chi connectivity index (χ1v) is 4.22. The average Bonchev–Trinajstić information content (AvgIpc) is 2.15. The van der Waals surface area contributed by atoms with E-state index in [1.54, 1.807) is 0 Å². The van der Waals surface area contributed by atoms with Crippen molar-refractivity contribution in [2.24, 2.45) is 0 Å². The fraction of sp³-hybridized carbons (Fsp3) is 0.333. The molecule has 0 N–H and O–H groups in total. The molecule has 82 valence electrons. The summed E-state index contributed by atoms with van der Waals surface area (Å²) in [6, 6.07) is 3.30. The summed E-state index contributed by atoms with van der Waals surface area (Å²) in [5.74, 6) is -0.815. The molecular weight excluding hydrogens is 211 g/mol. The van der Waals surface area contributed by atoms with Crippen LogP contribution in [0.3, 0.4) is 0 Å². The van der Waals surface area contributed by atoms with Crippen LogP contribution >= 0.6 is 0 Å². The number of rotatable bonds is 4. The zero-order valence-electron chi connectivity index (χ0n) is 7.62. The second-order valence-corrected chi connectivity index (χ2v) is 2.92. The zero-order valence-corrected chi connectivity index (χ0v) is 7.62. The van der Waals surface area contributed by atoms with Gasteiger partial charge in [0.25, 0.3) is 5.69 Å². The van der Waals surface area contributed by atoms with Gasteiger partial charge >= 0.3 is 0 Å². The maximum Gasteiger partial charge on any atom is 0.275 e. The highest BCUT2D eigenvalue weighted by Gasteiger charge is 2.18. The van der Waals surface area contributed by atoms with Crippen molar-refractivity contribution in [1.82, 2.24) is 0 Å². The maximum atomic E-state index is 13.1. The Balaban J connectivity index is 2.97. The number of alkyl halides is 2. The number of halogens is 3. The fourth-order valence-corrected chi connectivity index (χ4v) is 1.22. The van der Waals surface area contributed by atoms with E-state index in [2.05, 4.69) is 0 Å². The lowest BCUT2D eigenvalue weighted by atomic mass is 10.1. The van der Waals surface area contributed by atoms with Crippen molar-refractivity contribution in [3.05, 3.63) is 39.7 Å². The van der Waals surface area contributed by atoms with Gasteiger partial charge in [-0.25, -0.2) is 13.2 Å². The molecule has 3 nitrogen and oxygen atoms in total. The van der Waals surface area contributed by atoms with Gasteiger partial charge in [0.1, 0.15) is 5.82 Å². The summed E-state index contributed by atoms with van der Waals surface area (Å²) in [6.45, 7) is 0. The molecule has 0 aliphatic rings. The molecule has 0 atom stereocenters. The Morgan fingerprint density at radius 1 is 1.40 bits per heavy atom. The number of nitro benzene ring substituents is 1. The molecule has 1 rings (SSSR count). The standard InChI is InChI=1S/C9H8F3NO2/c10-7-2-1-3-8(13(14)15)6(7)4-5-9(11)12/h1-3,9H,4-5H2. The molecule has 1 aromatic rings. The summed E-state index contributed by atoms with van der Waals surface area (Å²) in [4.78, 5) is 9.70. The lowest BCUT2D eigenvalue weighted by Gasteiger charge is -2.03. The first-order valence-electron chi connectivity index (χ1n) is 4.22. The molecule has 0 aromatic heterocycles. The first kappa shape index (κ1) is 11.5. The summed E-state index contributed by atoms with van der Waals surface area (Å²) in [5.41, 5.74) is -0.710. The maximum absolute atomic E-state index is 13.1. The van der Waals surface area contributed by atoms with E-state index in [0.717, 1.165) is 12.1 Å². The van der Waals surface area contributed by atoms with Crippen molar-refractivity contribution in [1.29, 1.82) is 0 Å². The molecule has 0 saturated heterocycles. The molecule has 6 heteroatoms. The molecule has 0 unspecified atom stereocenters.